The van der Waals surface area contributed by atoms with Crippen molar-refractivity contribution in [3.05, 3.63) is 28.8 Å². The zero-order valence-corrected chi connectivity index (χ0v) is 7.73. The van der Waals surface area contributed by atoms with Crippen LogP contribution in [0.4, 0.5) is 26.3 Å². The third-order valence-electron chi connectivity index (χ3n) is 1.74. The van der Waals surface area contributed by atoms with Gasteiger partial charge in [-0.05, 0) is 6.07 Å². The third-order valence-corrected chi connectivity index (χ3v) is 1.74. The molecule has 0 unspecified atom stereocenters. The molecule has 0 aromatic carbocycles. The van der Waals surface area contributed by atoms with Gasteiger partial charge in [0.25, 0.3) is 6.43 Å². The Bertz CT molecular complexity index is 456. The second-order valence-electron chi connectivity index (χ2n) is 2.87. The van der Waals surface area contributed by atoms with Gasteiger partial charge in [-0.2, -0.15) is 17.6 Å². The van der Waals surface area contributed by atoms with Crippen molar-refractivity contribution in [2.45, 2.75) is 12.6 Å². The molecule has 94 valence electrons. The smallest absolute Gasteiger partial charge is 0.421 e. The van der Waals surface area contributed by atoms with Gasteiger partial charge in [0.1, 0.15) is 5.56 Å². The lowest BCUT2D eigenvalue weighted by atomic mass is 10.1. The van der Waals surface area contributed by atoms with Crippen molar-refractivity contribution in [1.29, 1.82) is 0 Å². The first kappa shape index (κ1) is 13.3. The molecular weight excluding hydrogens is 256 g/mol. The number of carboxylic acid groups (broad SMARTS) is 1. The van der Waals surface area contributed by atoms with E-state index in [2.05, 4.69) is 4.98 Å². The van der Waals surface area contributed by atoms with Gasteiger partial charge >= 0.3 is 12.1 Å². The summed E-state index contributed by atoms with van der Waals surface area (Å²) < 4.78 is 74.2. The van der Waals surface area contributed by atoms with Crippen molar-refractivity contribution in [3.63, 3.8) is 0 Å². The van der Waals surface area contributed by atoms with Crippen LogP contribution in [0.5, 0.6) is 0 Å². The lowest BCUT2D eigenvalue weighted by Crippen LogP contribution is -2.16. The van der Waals surface area contributed by atoms with Gasteiger partial charge in [0, 0.05) is 5.56 Å². The highest BCUT2D eigenvalue weighted by Gasteiger charge is 2.40. The maximum atomic E-state index is 12.9. The zero-order chi connectivity index (χ0) is 13.4. The molecule has 0 aliphatic heterocycles. The van der Waals surface area contributed by atoms with Crippen LogP contribution in [0.15, 0.2) is 6.07 Å². The SMILES string of the molecule is O=C(O)c1cc(C(F)F)c(C(F)(F)F)c(F)n1. The molecule has 1 heterocycles. The molecule has 0 fully saturated rings. The van der Waals surface area contributed by atoms with Gasteiger partial charge in [0.05, 0.1) is 0 Å². The fourth-order valence-corrected chi connectivity index (χ4v) is 1.09. The van der Waals surface area contributed by atoms with Gasteiger partial charge in [-0.15, -0.1) is 0 Å². The number of nitrogens with zero attached hydrogens (tertiary/aromatic N) is 1. The van der Waals surface area contributed by atoms with Crippen LogP contribution >= 0.6 is 0 Å². The normalized spacial score (nSPS) is 11.9. The molecule has 17 heavy (non-hydrogen) atoms. The standard InChI is InChI=1S/C8H3F6NO2/c9-5(10)2-1-3(7(16)17)15-6(11)4(2)8(12,13)14/h1,5H,(H,16,17). The molecule has 1 aromatic heterocycles. The largest absolute Gasteiger partial charge is 0.477 e. The summed E-state index contributed by atoms with van der Waals surface area (Å²) in [5.74, 6) is -4.19. The van der Waals surface area contributed by atoms with Crippen molar-refractivity contribution in [3.8, 4) is 0 Å². The molecular formula is C8H3F6NO2. The predicted octanol–water partition coefficient (Wildman–Crippen LogP) is 2.88. The number of hydrogen-bond acceptors (Lipinski definition) is 2. The first-order chi connectivity index (χ1) is 7.64. The number of rotatable bonds is 2. The van der Waals surface area contributed by atoms with E-state index in [1.807, 2.05) is 0 Å². The van der Waals surface area contributed by atoms with E-state index in [1.54, 1.807) is 0 Å². The van der Waals surface area contributed by atoms with Gasteiger partial charge in [0.2, 0.25) is 5.95 Å². The number of aromatic carboxylic acids is 1. The van der Waals surface area contributed by atoms with Crippen LogP contribution < -0.4 is 0 Å². The minimum atomic E-state index is -5.38. The van der Waals surface area contributed by atoms with Gasteiger partial charge < -0.3 is 5.11 Å². The Kier molecular flexibility index (Phi) is 3.30. The number of aromatic nitrogens is 1. The first-order valence-electron chi connectivity index (χ1n) is 3.93. The monoisotopic (exact) mass is 259 g/mol. The van der Waals surface area contributed by atoms with E-state index in [-0.39, 0.29) is 6.07 Å². The highest BCUT2D eigenvalue weighted by molar-refractivity contribution is 5.85. The van der Waals surface area contributed by atoms with Crippen LogP contribution in [-0.4, -0.2) is 16.1 Å². The van der Waals surface area contributed by atoms with Crippen LogP contribution in [0, 0.1) is 5.95 Å². The number of halogens is 6. The lowest BCUT2D eigenvalue weighted by molar-refractivity contribution is -0.142. The van der Waals surface area contributed by atoms with Crippen LogP contribution in [0.3, 0.4) is 0 Å². The maximum absolute atomic E-state index is 12.9. The van der Waals surface area contributed by atoms with Crippen LogP contribution in [0.1, 0.15) is 28.0 Å². The molecule has 0 amide bonds. The minimum Gasteiger partial charge on any atom is -0.477 e. The molecule has 0 atom stereocenters. The summed E-state index contributed by atoms with van der Waals surface area (Å²) in [6.07, 6.45) is -9.04. The summed E-state index contributed by atoms with van der Waals surface area (Å²) in [7, 11) is 0. The van der Waals surface area contributed by atoms with Gasteiger partial charge in [-0.25, -0.2) is 18.6 Å². The van der Waals surface area contributed by atoms with Crippen molar-refractivity contribution in [1.82, 2.24) is 4.98 Å². The summed E-state index contributed by atoms with van der Waals surface area (Å²) >= 11 is 0. The molecule has 0 spiro atoms. The van der Waals surface area contributed by atoms with Crippen molar-refractivity contribution >= 4 is 5.97 Å². The van der Waals surface area contributed by atoms with E-state index < -0.39 is 41.3 Å². The number of carbonyl (C=O) groups is 1. The number of carboxylic acids is 1. The molecule has 1 rings (SSSR count). The van der Waals surface area contributed by atoms with Gasteiger partial charge in [0.15, 0.2) is 5.69 Å². The Morgan fingerprint density at radius 3 is 2.24 bits per heavy atom. The maximum Gasteiger partial charge on any atom is 0.421 e. The van der Waals surface area contributed by atoms with Crippen molar-refractivity contribution in [2.24, 2.45) is 0 Å². The van der Waals surface area contributed by atoms with E-state index in [0.717, 1.165) is 0 Å². The van der Waals surface area contributed by atoms with E-state index in [9.17, 15) is 31.1 Å². The summed E-state index contributed by atoms with van der Waals surface area (Å²) in [4.78, 5) is 12.8. The second kappa shape index (κ2) is 4.22. The van der Waals surface area contributed by atoms with E-state index in [0.29, 0.717) is 0 Å². The molecule has 1 N–H and O–H groups in total. The first-order valence-corrected chi connectivity index (χ1v) is 3.93. The highest BCUT2D eigenvalue weighted by atomic mass is 19.4. The molecule has 1 aromatic rings. The van der Waals surface area contributed by atoms with E-state index in [1.165, 1.54) is 0 Å². The van der Waals surface area contributed by atoms with Crippen LogP contribution in [-0.2, 0) is 6.18 Å². The quantitative estimate of drug-likeness (QED) is 0.656. The van der Waals surface area contributed by atoms with E-state index >= 15 is 0 Å². The second-order valence-corrected chi connectivity index (χ2v) is 2.87. The molecule has 0 saturated heterocycles. The average molecular weight is 259 g/mol. The lowest BCUT2D eigenvalue weighted by Gasteiger charge is -2.13. The van der Waals surface area contributed by atoms with E-state index in [4.69, 9.17) is 5.11 Å². The third kappa shape index (κ3) is 2.66. The summed E-state index contributed by atoms with van der Waals surface area (Å²) in [5.41, 5.74) is -5.22. The Labute approximate surface area is 89.7 Å². The topological polar surface area (TPSA) is 50.2 Å². The fourth-order valence-electron chi connectivity index (χ4n) is 1.09. The Morgan fingerprint density at radius 1 is 1.35 bits per heavy atom. The van der Waals surface area contributed by atoms with Crippen LogP contribution in [0.2, 0.25) is 0 Å². The van der Waals surface area contributed by atoms with Crippen molar-refractivity contribution < 1.29 is 36.2 Å². The number of hydrogen-bond donors (Lipinski definition) is 1. The predicted molar refractivity (Wildman–Crippen MR) is 41.1 cm³/mol. The molecule has 0 radical (unpaired) electrons. The van der Waals surface area contributed by atoms with Crippen LogP contribution in [0.25, 0.3) is 0 Å². The minimum absolute atomic E-state index is 0.00109. The fraction of sp³-hybridized carbons (Fsp3) is 0.250. The molecule has 0 bridgehead atoms. The summed E-state index contributed by atoms with van der Waals surface area (Å²) in [6.45, 7) is 0. The average Bonchev–Trinajstić information content (AvgIpc) is 2.13. The van der Waals surface area contributed by atoms with Gasteiger partial charge in [-0.3, -0.25) is 0 Å². The Morgan fingerprint density at radius 2 is 1.88 bits per heavy atom. The highest BCUT2D eigenvalue weighted by Crippen LogP contribution is 2.37. The number of pyridine rings is 1. The molecule has 0 aliphatic rings. The van der Waals surface area contributed by atoms with Crippen molar-refractivity contribution in [2.75, 3.05) is 0 Å². The molecule has 0 aliphatic carbocycles. The summed E-state index contributed by atoms with van der Waals surface area (Å²) in [5, 5.41) is 8.35. The summed E-state index contributed by atoms with van der Waals surface area (Å²) in [6, 6.07) is -0.00109. The number of alkyl halides is 5. The molecule has 0 saturated carbocycles. The Hall–Kier alpha value is -1.80. The molecule has 9 heteroatoms. The zero-order valence-electron chi connectivity index (χ0n) is 7.73. The van der Waals surface area contributed by atoms with Gasteiger partial charge in [-0.1, -0.05) is 0 Å². The molecule has 3 nitrogen and oxygen atoms in total. The Balaban J connectivity index is 3.55.